The molecule has 80 valence electrons. The largest absolute Gasteiger partial charge is 0.383 e. The lowest BCUT2D eigenvalue weighted by molar-refractivity contribution is 0.561. The van der Waals surface area contributed by atoms with E-state index in [0.29, 0.717) is 5.82 Å². The zero-order valence-corrected chi connectivity index (χ0v) is 11.4. The van der Waals surface area contributed by atoms with Crippen LogP contribution >= 0.6 is 33.9 Å². The molecule has 0 spiro atoms. The zero-order valence-electron chi connectivity index (χ0n) is 8.44. The molecule has 15 heavy (non-hydrogen) atoms. The van der Waals surface area contributed by atoms with Gasteiger partial charge in [0.2, 0.25) is 0 Å². The number of hydrogen-bond acceptors (Lipinski definition) is 4. The molecule has 0 aromatic carbocycles. The van der Waals surface area contributed by atoms with Gasteiger partial charge in [0, 0.05) is 5.38 Å². The standard InChI is InChI=1S/C9H11IN4S/c1-5(8-4-15-6(2)13-8)14-9(11)7(10)3-12-14/h3-5H,11H2,1-2H3. The Bertz CT molecular complexity index is 476. The molecule has 0 radical (unpaired) electrons. The molecule has 0 saturated heterocycles. The quantitative estimate of drug-likeness (QED) is 0.859. The molecule has 2 aromatic heterocycles. The van der Waals surface area contributed by atoms with E-state index < -0.39 is 0 Å². The first kappa shape index (κ1) is 10.9. The summed E-state index contributed by atoms with van der Waals surface area (Å²) in [5.41, 5.74) is 6.93. The molecule has 2 heterocycles. The van der Waals surface area contributed by atoms with Gasteiger partial charge < -0.3 is 5.73 Å². The number of hydrogen-bond donors (Lipinski definition) is 1. The van der Waals surface area contributed by atoms with Crippen molar-refractivity contribution in [2.75, 3.05) is 5.73 Å². The summed E-state index contributed by atoms with van der Waals surface area (Å²) in [4.78, 5) is 4.44. The van der Waals surface area contributed by atoms with Crippen molar-refractivity contribution in [1.29, 1.82) is 0 Å². The number of rotatable bonds is 2. The molecule has 2 aromatic rings. The minimum Gasteiger partial charge on any atom is -0.383 e. The first-order chi connectivity index (χ1) is 7.09. The molecule has 0 aliphatic carbocycles. The van der Waals surface area contributed by atoms with Crippen LogP contribution in [-0.2, 0) is 0 Å². The predicted octanol–water partition coefficient (Wildman–Crippen LogP) is 2.44. The Hall–Kier alpha value is -0.630. The summed E-state index contributed by atoms with van der Waals surface area (Å²) >= 11 is 3.82. The van der Waals surface area contributed by atoms with Gasteiger partial charge in [-0.2, -0.15) is 5.10 Å². The van der Waals surface area contributed by atoms with E-state index in [1.54, 1.807) is 22.2 Å². The van der Waals surface area contributed by atoms with Crippen LogP contribution in [0.3, 0.4) is 0 Å². The molecule has 0 aliphatic heterocycles. The van der Waals surface area contributed by atoms with Crippen LogP contribution in [-0.4, -0.2) is 14.8 Å². The minimum atomic E-state index is 0.0958. The number of thiazole rings is 1. The number of halogens is 1. The smallest absolute Gasteiger partial charge is 0.135 e. The van der Waals surface area contributed by atoms with Gasteiger partial charge in [-0.1, -0.05) is 0 Å². The van der Waals surface area contributed by atoms with Gasteiger partial charge in [-0.05, 0) is 36.4 Å². The van der Waals surface area contributed by atoms with Gasteiger partial charge in [-0.25, -0.2) is 9.67 Å². The zero-order chi connectivity index (χ0) is 11.0. The summed E-state index contributed by atoms with van der Waals surface area (Å²) in [6.07, 6.45) is 1.77. The SMILES string of the molecule is Cc1nc(C(C)n2ncc(I)c2N)cs1. The van der Waals surface area contributed by atoms with Crippen molar-refractivity contribution in [3.05, 3.63) is 25.8 Å². The fraction of sp³-hybridized carbons (Fsp3) is 0.333. The average Bonchev–Trinajstić information content (AvgIpc) is 2.75. The fourth-order valence-corrected chi connectivity index (χ4v) is 2.43. The minimum absolute atomic E-state index is 0.0958. The van der Waals surface area contributed by atoms with Crippen molar-refractivity contribution in [3.8, 4) is 0 Å². The van der Waals surface area contributed by atoms with Gasteiger partial charge in [0.05, 0.1) is 26.5 Å². The Morgan fingerprint density at radius 1 is 1.60 bits per heavy atom. The molecule has 0 bridgehead atoms. The monoisotopic (exact) mass is 334 g/mol. The molecule has 2 N–H and O–H groups in total. The Kier molecular flexibility index (Phi) is 2.96. The van der Waals surface area contributed by atoms with Gasteiger partial charge in [0.25, 0.3) is 0 Å². The van der Waals surface area contributed by atoms with Gasteiger partial charge >= 0.3 is 0 Å². The second kappa shape index (κ2) is 4.09. The third-order valence-corrected chi connectivity index (χ3v) is 3.84. The molecule has 0 fully saturated rings. The average molecular weight is 334 g/mol. The summed E-state index contributed by atoms with van der Waals surface area (Å²) in [5.74, 6) is 0.703. The highest BCUT2D eigenvalue weighted by atomic mass is 127. The van der Waals surface area contributed by atoms with Crippen molar-refractivity contribution in [2.24, 2.45) is 0 Å². The Balaban J connectivity index is 2.36. The molecule has 0 aliphatic rings. The van der Waals surface area contributed by atoms with E-state index in [0.717, 1.165) is 14.3 Å². The molecule has 1 atom stereocenters. The Labute approximate surface area is 106 Å². The second-order valence-corrected chi connectivity index (χ2v) is 5.51. The Morgan fingerprint density at radius 2 is 2.33 bits per heavy atom. The highest BCUT2D eigenvalue weighted by Gasteiger charge is 2.15. The normalized spacial score (nSPS) is 13.0. The van der Waals surface area contributed by atoms with E-state index in [-0.39, 0.29) is 6.04 Å². The van der Waals surface area contributed by atoms with E-state index in [1.807, 2.05) is 19.2 Å². The third kappa shape index (κ3) is 2.00. The van der Waals surface area contributed by atoms with Crippen LogP contribution in [0.5, 0.6) is 0 Å². The maximum Gasteiger partial charge on any atom is 0.135 e. The van der Waals surface area contributed by atoms with E-state index in [4.69, 9.17) is 5.73 Å². The fourth-order valence-electron chi connectivity index (χ4n) is 1.36. The van der Waals surface area contributed by atoms with Gasteiger partial charge in [0.1, 0.15) is 5.82 Å². The number of nitrogens with two attached hydrogens (primary N) is 1. The van der Waals surface area contributed by atoms with Crippen LogP contribution in [0.15, 0.2) is 11.6 Å². The maximum absolute atomic E-state index is 5.92. The van der Waals surface area contributed by atoms with Crippen LogP contribution in [0, 0.1) is 10.5 Å². The lowest BCUT2D eigenvalue weighted by atomic mass is 10.3. The maximum atomic E-state index is 5.92. The number of nitrogen functional groups attached to an aromatic ring is 1. The predicted molar refractivity (Wildman–Crippen MR) is 70.0 cm³/mol. The molecule has 2 rings (SSSR count). The first-order valence-electron chi connectivity index (χ1n) is 4.50. The summed E-state index contributed by atoms with van der Waals surface area (Å²) in [5, 5.41) is 7.37. The van der Waals surface area contributed by atoms with Crippen molar-refractivity contribution in [2.45, 2.75) is 19.9 Å². The highest BCUT2D eigenvalue weighted by molar-refractivity contribution is 14.1. The van der Waals surface area contributed by atoms with E-state index >= 15 is 0 Å². The summed E-state index contributed by atoms with van der Waals surface area (Å²) < 4.78 is 2.78. The molecule has 1 unspecified atom stereocenters. The van der Waals surface area contributed by atoms with Crippen molar-refractivity contribution in [1.82, 2.24) is 14.8 Å². The summed E-state index contributed by atoms with van der Waals surface area (Å²) in [6.45, 7) is 4.05. The molecular formula is C9H11IN4S. The molecule has 4 nitrogen and oxygen atoms in total. The summed E-state index contributed by atoms with van der Waals surface area (Å²) in [7, 11) is 0. The number of aryl methyl sites for hydroxylation is 1. The van der Waals surface area contributed by atoms with Gasteiger partial charge in [0.15, 0.2) is 0 Å². The van der Waals surface area contributed by atoms with Crippen molar-refractivity contribution >= 4 is 39.7 Å². The molecular weight excluding hydrogens is 323 g/mol. The van der Waals surface area contributed by atoms with Crippen LogP contribution in [0.25, 0.3) is 0 Å². The van der Waals surface area contributed by atoms with E-state index in [2.05, 4.69) is 32.7 Å². The highest BCUT2D eigenvalue weighted by Crippen LogP contribution is 2.24. The lowest BCUT2D eigenvalue weighted by Crippen LogP contribution is -2.12. The topological polar surface area (TPSA) is 56.7 Å². The molecule has 6 heteroatoms. The van der Waals surface area contributed by atoms with Crippen LogP contribution in [0.2, 0.25) is 0 Å². The van der Waals surface area contributed by atoms with Gasteiger partial charge in [-0.3, -0.25) is 0 Å². The van der Waals surface area contributed by atoms with Crippen LogP contribution in [0.4, 0.5) is 5.82 Å². The molecule has 0 saturated carbocycles. The van der Waals surface area contributed by atoms with Crippen molar-refractivity contribution < 1.29 is 0 Å². The summed E-state index contributed by atoms with van der Waals surface area (Å²) in [6, 6.07) is 0.0958. The van der Waals surface area contributed by atoms with Crippen molar-refractivity contribution in [3.63, 3.8) is 0 Å². The second-order valence-electron chi connectivity index (χ2n) is 3.29. The number of anilines is 1. The van der Waals surface area contributed by atoms with E-state index in [1.165, 1.54) is 0 Å². The van der Waals surface area contributed by atoms with Crippen LogP contribution in [0.1, 0.15) is 23.7 Å². The van der Waals surface area contributed by atoms with Gasteiger partial charge in [-0.15, -0.1) is 11.3 Å². The number of aromatic nitrogens is 3. The number of nitrogens with zero attached hydrogens (tertiary/aromatic N) is 3. The third-order valence-electron chi connectivity index (χ3n) is 2.22. The first-order valence-corrected chi connectivity index (χ1v) is 6.46. The van der Waals surface area contributed by atoms with Crippen LogP contribution < -0.4 is 5.73 Å². The van der Waals surface area contributed by atoms with E-state index in [9.17, 15) is 0 Å². The Morgan fingerprint density at radius 3 is 2.80 bits per heavy atom. The lowest BCUT2D eigenvalue weighted by Gasteiger charge is -2.11. The molecule has 0 amide bonds.